The summed E-state index contributed by atoms with van der Waals surface area (Å²) >= 11 is 0. The summed E-state index contributed by atoms with van der Waals surface area (Å²) < 4.78 is 14.4. The second-order valence-corrected chi connectivity index (χ2v) is 5.74. The van der Waals surface area contributed by atoms with E-state index in [4.69, 9.17) is 0 Å². The number of aromatic nitrogens is 5. The molecular weight excluding hydrogens is 327 g/mol. The van der Waals surface area contributed by atoms with Crippen molar-refractivity contribution in [1.82, 2.24) is 30.3 Å². The van der Waals surface area contributed by atoms with Crippen LogP contribution in [0.15, 0.2) is 29.1 Å². The number of aromatic amines is 1. The molecule has 2 aromatic heterocycles. The molecular formula is C16H17FN6O2. The SMILES string of the molecule is CCC(C)NC(=O)c1nc2c(nnn2Cc2ccc(F)cc2)c(=O)[nH]1. The molecule has 2 heterocycles. The summed E-state index contributed by atoms with van der Waals surface area (Å²) in [4.78, 5) is 30.9. The number of hydrogen-bond acceptors (Lipinski definition) is 5. The Labute approximate surface area is 142 Å². The second kappa shape index (κ2) is 6.80. The maximum atomic E-state index is 13.0. The minimum absolute atomic E-state index is 0.0437. The second-order valence-electron chi connectivity index (χ2n) is 5.74. The van der Waals surface area contributed by atoms with Gasteiger partial charge in [0, 0.05) is 6.04 Å². The van der Waals surface area contributed by atoms with Crippen molar-refractivity contribution in [1.29, 1.82) is 0 Å². The van der Waals surface area contributed by atoms with Crippen LogP contribution in [-0.4, -0.2) is 36.9 Å². The van der Waals surface area contributed by atoms with Crippen LogP contribution in [0.2, 0.25) is 0 Å². The number of amides is 1. The number of hydrogen-bond donors (Lipinski definition) is 2. The van der Waals surface area contributed by atoms with E-state index in [1.165, 1.54) is 16.8 Å². The van der Waals surface area contributed by atoms with Crippen LogP contribution in [-0.2, 0) is 6.54 Å². The minimum Gasteiger partial charge on any atom is -0.347 e. The molecule has 0 spiro atoms. The van der Waals surface area contributed by atoms with Crippen molar-refractivity contribution >= 4 is 17.1 Å². The third-order valence-electron chi connectivity index (χ3n) is 3.82. The van der Waals surface area contributed by atoms with Crippen LogP contribution in [0.3, 0.4) is 0 Å². The number of nitrogens with one attached hydrogen (secondary N) is 2. The van der Waals surface area contributed by atoms with Crippen molar-refractivity contribution in [3.05, 3.63) is 51.8 Å². The van der Waals surface area contributed by atoms with Gasteiger partial charge in [0.15, 0.2) is 11.2 Å². The van der Waals surface area contributed by atoms with E-state index in [1.807, 2.05) is 13.8 Å². The molecule has 2 N–H and O–H groups in total. The Morgan fingerprint density at radius 3 is 2.76 bits per heavy atom. The van der Waals surface area contributed by atoms with Crippen molar-refractivity contribution in [3.8, 4) is 0 Å². The standard InChI is InChI=1S/C16H17FN6O2/c1-3-9(2)18-16(25)13-19-14-12(15(24)20-13)21-22-23(14)8-10-4-6-11(17)7-5-10/h4-7,9H,3,8H2,1-2H3,(H,18,25)(H,19,20,24). The number of halogens is 1. The zero-order chi connectivity index (χ0) is 18.0. The Hall–Kier alpha value is -3.10. The lowest BCUT2D eigenvalue weighted by atomic mass is 10.2. The highest BCUT2D eigenvalue weighted by atomic mass is 19.1. The third-order valence-corrected chi connectivity index (χ3v) is 3.82. The first-order valence-electron chi connectivity index (χ1n) is 7.86. The molecule has 0 saturated heterocycles. The molecule has 1 atom stereocenters. The van der Waals surface area contributed by atoms with E-state index in [-0.39, 0.29) is 35.4 Å². The van der Waals surface area contributed by atoms with Crippen LogP contribution in [0, 0.1) is 5.82 Å². The first-order chi connectivity index (χ1) is 12.0. The van der Waals surface area contributed by atoms with Gasteiger partial charge in [-0.25, -0.2) is 14.1 Å². The van der Waals surface area contributed by atoms with Gasteiger partial charge in [0.05, 0.1) is 6.54 Å². The first-order valence-corrected chi connectivity index (χ1v) is 7.86. The predicted molar refractivity (Wildman–Crippen MR) is 88.7 cm³/mol. The fourth-order valence-electron chi connectivity index (χ4n) is 2.24. The number of fused-ring (bicyclic) bond motifs is 1. The molecule has 0 radical (unpaired) electrons. The molecule has 1 amide bonds. The van der Waals surface area contributed by atoms with E-state index >= 15 is 0 Å². The first kappa shape index (κ1) is 16.7. The Kier molecular flexibility index (Phi) is 4.55. The highest BCUT2D eigenvalue weighted by Crippen LogP contribution is 2.09. The summed E-state index contributed by atoms with van der Waals surface area (Å²) in [5, 5.41) is 10.5. The lowest BCUT2D eigenvalue weighted by molar-refractivity contribution is 0.0928. The summed E-state index contributed by atoms with van der Waals surface area (Å²) in [7, 11) is 0. The molecule has 1 unspecified atom stereocenters. The Bertz CT molecular complexity index is 963. The van der Waals surface area contributed by atoms with E-state index in [0.29, 0.717) is 0 Å². The predicted octanol–water partition coefficient (Wildman–Crippen LogP) is 1.23. The summed E-state index contributed by atoms with van der Waals surface area (Å²) in [5.41, 5.74) is 0.468. The van der Waals surface area contributed by atoms with Crippen molar-refractivity contribution in [2.24, 2.45) is 0 Å². The van der Waals surface area contributed by atoms with Gasteiger partial charge in [-0.1, -0.05) is 24.3 Å². The van der Waals surface area contributed by atoms with Gasteiger partial charge in [-0.3, -0.25) is 9.59 Å². The van der Waals surface area contributed by atoms with Gasteiger partial charge in [-0.05, 0) is 31.0 Å². The largest absolute Gasteiger partial charge is 0.347 e. The van der Waals surface area contributed by atoms with E-state index in [2.05, 4.69) is 25.6 Å². The number of rotatable bonds is 5. The van der Waals surface area contributed by atoms with E-state index < -0.39 is 11.5 Å². The Morgan fingerprint density at radius 1 is 1.36 bits per heavy atom. The van der Waals surface area contributed by atoms with Crippen LogP contribution >= 0.6 is 0 Å². The van der Waals surface area contributed by atoms with E-state index in [1.54, 1.807) is 12.1 Å². The van der Waals surface area contributed by atoms with Crippen LogP contribution in [0.4, 0.5) is 4.39 Å². The van der Waals surface area contributed by atoms with Crippen molar-refractivity contribution in [2.45, 2.75) is 32.9 Å². The summed E-state index contributed by atoms with van der Waals surface area (Å²) in [5.74, 6) is -0.908. The zero-order valence-corrected chi connectivity index (χ0v) is 13.8. The topological polar surface area (TPSA) is 106 Å². The molecule has 0 aliphatic rings. The number of benzene rings is 1. The monoisotopic (exact) mass is 344 g/mol. The average molecular weight is 344 g/mol. The van der Waals surface area contributed by atoms with Gasteiger partial charge in [0.1, 0.15) is 5.82 Å². The highest BCUT2D eigenvalue weighted by molar-refractivity contribution is 5.91. The molecule has 0 aliphatic heterocycles. The molecule has 0 fully saturated rings. The molecule has 0 bridgehead atoms. The quantitative estimate of drug-likeness (QED) is 0.724. The zero-order valence-electron chi connectivity index (χ0n) is 13.8. The molecule has 8 nitrogen and oxygen atoms in total. The maximum Gasteiger partial charge on any atom is 0.287 e. The molecule has 1 aromatic carbocycles. The maximum absolute atomic E-state index is 13.0. The van der Waals surface area contributed by atoms with E-state index in [0.717, 1.165) is 12.0 Å². The Balaban J connectivity index is 1.96. The molecule has 3 rings (SSSR count). The van der Waals surface area contributed by atoms with Crippen molar-refractivity contribution in [2.75, 3.05) is 0 Å². The Morgan fingerprint density at radius 2 is 2.08 bits per heavy atom. The van der Waals surface area contributed by atoms with Crippen molar-refractivity contribution < 1.29 is 9.18 Å². The van der Waals surface area contributed by atoms with Crippen LogP contribution < -0.4 is 10.9 Å². The van der Waals surface area contributed by atoms with Crippen LogP contribution in [0.5, 0.6) is 0 Å². The van der Waals surface area contributed by atoms with Gasteiger partial charge in [-0.2, -0.15) is 0 Å². The fourth-order valence-corrected chi connectivity index (χ4v) is 2.24. The molecule has 25 heavy (non-hydrogen) atoms. The normalized spacial score (nSPS) is 12.3. The van der Waals surface area contributed by atoms with Crippen molar-refractivity contribution in [3.63, 3.8) is 0 Å². The van der Waals surface area contributed by atoms with Crippen LogP contribution in [0.25, 0.3) is 11.2 Å². The van der Waals surface area contributed by atoms with E-state index in [9.17, 15) is 14.0 Å². The number of carbonyl (C=O) groups excluding carboxylic acids is 1. The fraction of sp³-hybridized carbons (Fsp3) is 0.312. The van der Waals surface area contributed by atoms with Gasteiger partial charge in [0.2, 0.25) is 5.82 Å². The molecule has 0 saturated carbocycles. The summed E-state index contributed by atoms with van der Waals surface area (Å²) in [6.45, 7) is 4.04. The number of nitrogens with zero attached hydrogens (tertiary/aromatic N) is 4. The smallest absolute Gasteiger partial charge is 0.287 e. The lowest BCUT2D eigenvalue weighted by Crippen LogP contribution is -2.34. The molecule has 0 aliphatic carbocycles. The lowest BCUT2D eigenvalue weighted by Gasteiger charge is -2.10. The molecule has 130 valence electrons. The third kappa shape index (κ3) is 3.54. The van der Waals surface area contributed by atoms with Crippen LogP contribution in [0.1, 0.15) is 36.5 Å². The van der Waals surface area contributed by atoms with Gasteiger partial charge in [-0.15, -0.1) is 5.10 Å². The van der Waals surface area contributed by atoms with Gasteiger partial charge in [0.25, 0.3) is 11.5 Å². The minimum atomic E-state index is -0.537. The average Bonchev–Trinajstić information content (AvgIpc) is 3.00. The summed E-state index contributed by atoms with van der Waals surface area (Å²) in [6.07, 6.45) is 0.752. The molecule has 3 aromatic rings. The number of H-pyrrole nitrogens is 1. The number of carbonyl (C=O) groups is 1. The molecule has 9 heteroatoms. The highest BCUT2D eigenvalue weighted by Gasteiger charge is 2.17. The van der Waals surface area contributed by atoms with Gasteiger partial charge >= 0.3 is 0 Å². The summed E-state index contributed by atoms with van der Waals surface area (Å²) in [6, 6.07) is 5.83. The van der Waals surface area contributed by atoms with Gasteiger partial charge < -0.3 is 10.3 Å².